The summed E-state index contributed by atoms with van der Waals surface area (Å²) in [5, 5.41) is 10.7. The molecule has 0 spiro atoms. The van der Waals surface area contributed by atoms with Crippen molar-refractivity contribution in [3.8, 4) is 11.5 Å². The first-order valence-corrected chi connectivity index (χ1v) is 6.70. The summed E-state index contributed by atoms with van der Waals surface area (Å²) in [6.45, 7) is 4.79. The molecule has 21 heavy (non-hydrogen) atoms. The highest BCUT2D eigenvalue weighted by Crippen LogP contribution is 2.29. The molecule has 7 heteroatoms. The van der Waals surface area contributed by atoms with E-state index in [4.69, 9.17) is 9.15 Å². The molecule has 3 rings (SSSR count). The number of aryl methyl sites for hydroxylation is 1. The lowest BCUT2D eigenvalue weighted by Crippen LogP contribution is -2.36. The van der Waals surface area contributed by atoms with Crippen molar-refractivity contribution < 1.29 is 14.1 Å². The van der Waals surface area contributed by atoms with E-state index in [1.165, 1.54) is 12.1 Å². The van der Waals surface area contributed by atoms with Crippen LogP contribution in [0.4, 0.5) is 11.6 Å². The smallest absolute Gasteiger partial charge is 0.269 e. The maximum absolute atomic E-state index is 10.7. The van der Waals surface area contributed by atoms with Crippen molar-refractivity contribution in [2.24, 2.45) is 0 Å². The molecule has 0 amide bonds. The van der Waals surface area contributed by atoms with Gasteiger partial charge >= 0.3 is 0 Å². The molecule has 0 radical (unpaired) electrons. The number of hydrogen-bond acceptors (Lipinski definition) is 6. The summed E-state index contributed by atoms with van der Waals surface area (Å²) in [5.41, 5.74) is 1.59. The van der Waals surface area contributed by atoms with Gasteiger partial charge in [0.15, 0.2) is 0 Å². The first kappa shape index (κ1) is 13.6. The SMILES string of the molecule is Cc1nc(-c2ccc([N+](=O)[O-])cc2)oc1N1CCOCC1. The van der Waals surface area contributed by atoms with Crippen molar-refractivity contribution in [1.29, 1.82) is 0 Å². The van der Waals surface area contributed by atoms with Crippen molar-refractivity contribution in [3.63, 3.8) is 0 Å². The number of aromatic nitrogens is 1. The Bertz CT molecular complexity index is 645. The summed E-state index contributed by atoms with van der Waals surface area (Å²) in [6.07, 6.45) is 0. The molecular formula is C14H15N3O4. The number of rotatable bonds is 3. The number of nitrogens with zero attached hydrogens (tertiary/aromatic N) is 3. The Balaban J connectivity index is 1.87. The minimum atomic E-state index is -0.427. The summed E-state index contributed by atoms with van der Waals surface area (Å²) >= 11 is 0. The lowest BCUT2D eigenvalue weighted by atomic mass is 10.2. The molecule has 1 aliphatic heterocycles. The van der Waals surface area contributed by atoms with Gasteiger partial charge in [-0.25, -0.2) is 4.98 Å². The van der Waals surface area contributed by atoms with Gasteiger partial charge in [0.1, 0.15) is 5.69 Å². The van der Waals surface area contributed by atoms with Gasteiger partial charge in [0.25, 0.3) is 5.69 Å². The fourth-order valence-corrected chi connectivity index (χ4v) is 2.30. The monoisotopic (exact) mass is 289 g/mol. The van der Waals surface area contributed by atoms with Gasteiger partial charge in [-0.1, -0.05) is 0 Å². The van der Waals surface area contributed by atoms with Crippen LogP contribution in [0.5, 0.6) is 0 Å². The van der Waals surface area contributed by atoms with Gasteiger partial charge < -0.3 is 14.1 Å². The quantitative estimate of drug-likeness (QED) is 0.637. The van der Waals surface area contributed by atoms with Crippen LogP contribution in [0.2, 0.25) is 0 Å². The van der Waals surface area contributed by atoms with Crippen molar-refractivity contribution in [2.45, 2.75) is 6.92 Å². The molecule has 1 aromatic heterocycles. The van der Waals surface area contributed by atoms with Crippen LogP contribution in [-0.2, 0) is 4.74 Å². The Labute approximate surface area is 121 Å². The molecule has 2 aromatic rings. The molecule has 1 aliphatic rings. The molecule has 110 valence electrons. The average Bonchev–Trinajstić information content (AvgIpc) is 2.90. The second-order valence-electron chi connectivity index (χ2n) is 4.81. The van der Waals surface area contributed by atoms with E-state index in [2.05, 4.69) is 9.88 Å². The number of morpholine rings is 1. The van der Waals surface area contributed by atoms with Crippen molar-refractivity contribution in [2.75, 3.05) is 31.2 Å². The molecule has 7 nitrogen and oxygen atoms in total. The van der Waals surface area contributed by atoms with Crippen LogP contribution in [0.15, 0.2) is 28.7 Å². The number of hydrogen-bond donors (Lipinski definition) is 0. The lowest BCUT2D eigenvalue weighted by molar-refractivity contribution is -0.384. The predicted octanol–water partition coefficient (Wildman–Crippen LogP) is 2.39. The third kappa shape index (κ3) is 2.73. The zero-order chi connectivity index (χ0) is 14.8. The fourth-order valence-electron chi connectivity index (χ4n) is 2.30. The van der Waals surface area contributed by atoms with E-state index in [0.717, 1.165) is 30.2 Å². The summed E-state index contributed by atoms with van der Waals surface area (Å²) < 4.78 is 11.2. The van der Waals surface area contributed by atoms with Crippen LogP contribution in [0, 0.1) is 17.0 Å². The van der Waals surface area contributed by atoms with Gasteiger partial charge in [-0.3, -0.25) is 10.1 Å². The van der Waals surface area contributed by atoms with E-state index in [1.807, 2.05) is 6.92 Å². The molecule has 0 saturated carbocycles. The maximum Gasteiger partial charge on any atom is 0.269 e. The number of ether oxygens (including phenoxy) is 1. The van der Waals surface area contributed by atoms with Crippen LogP contribution in [-0.4, -0.2) is 36.2 Å². The third-order valence-electron chi connectivity index (χ3n) is 3.40. The predicted molar refractivity (Wildman–Crippen MR) is 76.4 cm³/mol. The number of benzene rings is 1. The molecule has 2 heterocycles. The second kappa shape index (κ2) is 5.53. The van der Waals surface area contributed by atoms with E-state index in [-0.39, 0.29) is 5.69 Å². The van der Waals surface area contributed by atoms with Crippen LogP contribution in [0.1, 0.15) is 5.69 Å². The van der Waals surface area contributed by atoms with E-state index in [9.17, 15) is 10.1 Å². The van der Waals surface area contributed by atoms with Gasteiger partial charge in [-0.05, 0) is 19.1 Å². The van der Waals surface area contributed by atoms with E-state index < -0.39 is 4.92 Å². The third-order valence-corrected chi connectivity index (χ3v) is 3.40. The maximum atomic E-state index is 10.7. The highest BCUT2D eigenvalue weighted by atomic mass is 16.6. The molecule has 0 bridgehead atoms. The van der Waals surface area contributed by atoms with E-state index >= 15 is 0 Å². The Morgan fingerprint density at radius 1 is 1.24 bits per heavy atom. The first-order valence-electron chi connectivity index (χ1n) is 6.70. The summed E-state index contributed by atoms with van der Waals surface area (Å²) in [7, 11) is 0. The zero-order valence-corrected chi connectivity index (χ0v) is 11.6. The number of nitro groups is 1. The summed E-state index contributed by atoms with van der Waals surface area (Å²) in [6, 6.07) is 6.19. The molecule has 0 N–H and O–H groups in total. The molecule has 1 aromatic carbocycles. The van der Waals surface area contributed by atoms with Crippen LogP contribution in [0.3, 0.4) is 0 Å². The largest absolute Gasteiger partial charge is 0.420 e. The van der Waals surface area contributed by atoms with E-state index in [1.54, 1.807) is 12.1 Å². The van der Waals surface area contributed by atoms with Gasteiger partial charge in [0.05, 0.1) is 18.1 Å². The molecule has 0 atom stereocenters. The molecule has 1 fully saturated rings. The average molecular weight is 289 g/mol. The van der Waals surface area contributed by atoms with Gasteiger partial charge in [-0.15, -0.1) is 0 Å². The Hall–Kier alpha value is -2.41. The highest BCUT2D eigenvalue weighted by molar-refractivity contribution is 5.58. The standard InChI is InChI=1S/C14H15N3O4/c1-10-14(16-6-8-20-9-7-16)21-13(15-10)11-2-4-12(5-3-11)17(18)19/h2-5H,6-9H2,1H3. The first-order chi connectivity index (χ1) is 10.1. The molecule has 0 unspecified atom stereocenters. The number of nitro benzene ring substituents is 1. The van der Waals surface area contributed by atoms with Gasteiger partial charge in [0, 0.05) is 30.8 Å². The van der Waals surface area contributed by atoms with Crippen molar-refractivity contribution >= 4 is 11.6 Å². The van der Waals surface area contributed by atoms with Crippen molar-refractivity contribution in [1.82, 2.24) is 4.98 Å². The highest BCUT2D eigenvalue weighted by Gasteiger charge is 2.20. The van der Waals surface area contributed by atoms with Crippen LogP contribution >= 0.6 is 0 Å². The van der Waals surface area contributed by atoms with Gasteiger partial charge in [0.2, 0.25) is 11.8 Å². The second-order valence-corrected chi connectivity index (χ2v) is 4.81. The number of anilines is 1. The molecule has 1 saturated heterocycles. The molecule has 0 aliphatic carbocycles. The minimum Gasteiger partial charge on any atom is -0.420 e. The Morgan fingerprint density at radius 2 is 1.90 bits per heavy atom. The Morgan fingerprint density at radius 3 is 2.52 bits per heavy atom. The topological polar surface area (TPSA) is 81.6 Å². The van der Waals surface area contributed by atoms with Crippen LogP contribution in [0.25, 0.3) is 11.5 Å². The zero-order valence-electron chi connectivity index (χ0n) is 11.6. The summed E-state index contributed by atoms with van der Waals surface area (Å²) in [5.74, 6) is 1.22. The van der Waals surface area contributed by atoms with E-state index in [0.29, 0.717) is 19.1 Å². The van der Waals surface area contributed by atoms with Crippen molar-refractivity contribution in [3.05, 3.63) is 40.1 Å². The number of non-ortho nitro benzene ring substituents is 1. The minimum absolute atomic E-state index is 0.0513. The number of oxazole rings is 1. The van der Waals surface area contributed by atoms with Crippen LogP contribution < -0.4 is 4.90 Å². The summed E-state index contributed by atoms with van der Waals surface area (Å²) in [4.78, 5) is 16.7. The Kier molecular flexibility index (Phi) is 3.57. The normalized spacial score (nSPS) is 15.2. The molecular weight excluding hydrogens is 274 g/mol. The lowest BCUT2D eigenvalue weighted by Gasteiger charge is -2.26. The van der Waals surface area contributed by atoms with Gasteiger partial charge in [-0.2, -0.15) is 0 Å². The fraction of sp³-hybridized carbons (Fsp3) is 0.357.